The van der Waals surface area contributed by atoms with E-state index in [-0.39, 0.29) is 6.42 Å². The Morgan fingerprint density at radius 1 is 0.864 bits per heavy atom. The number of carbonyl (C=O) groups is 2. The maximum absolute atomic E-state index is 10.9. The van der Waals surface area contributed by atoms with E-state index < -0.39 is 17.9 Å². The summed E-state index contributed by atoms with van der Waals surface area (Å²) in [7, 11) is 0. The van der Waals surface area contributed by atoms with Crippen LogP contribution in [-0.4, -0.2) is 22.2 Å². The normalized spacial score (nSPS) is 12.6. The molecule has 0 radical (unpaired) electrons. The molecule has 4 nitrogen and oxygen atoms in total. The quantitative estimate of drug-likeness (QED) is 0.328. The summed E-state index contributed by atoms with van der Waals surface area (Å²) in [6.07, 6.45) is 16.6. The first-order valence-corrected chi connectivity index (χ1v) is 8.69. The average Bonchev–Trinajstić information content (AvgIpc) is 2.46. The Labute approximate surface area is 134 Å². The molecule has 0 aromatic carbocycles. The number of rotatable bonds is 15. The van der Waals surface area contributed by atoms with Crippen molar-refractivity contribution in [3.05, 3.63) is 12.2 Å². The van der Waals surface area contributed by atoms with E-state index >= 15 is 0 Å². The van der Waals surface area contributed by atoms with Crippen LogP contribution in [0, 0.1) is 5.92 Å². The number of allylic oxidation sites excluding steroid dienone is 1. The molecular formula is C18H32O4. The van der Waals surface area contributed by atoms with Crippen LogP contribution < -0.4 is 0 Å². The van der Waals surface area contributed by atoms with E-state index in [9.17, 15) is 9.59 Å². The summed E-state index contributed by atoms with van der Waals surface area (Å²) in [5.41, 5.74) is 0. The van der Waals surface area contributed by atoms with E-state index in [0.717, 1.165) is 19.3 Å². The lowest BCUT2D eigenvalue weighted by atomic mass is 10.0. The molecule has 4 heteroatoms. The largest absolute Gasteiger partial charge is 0.481 e. The molecule has 128 valence electrons. The number of carboxylic acids is 2. The van der Waals surface area contributed by atoms with E-state index in [4.69, 9.17) is 10.2 Å². The molecule has 0 saturated carbocycles. The monoisotopic (exact) mass is 312 g/mol. The average molecular weight is 312 g/mol. The van der Waals surface area contributed by atoms with E-state index in [2.05, 4.69) is 6.92 Å². The highest BCUT2D eigenvalue weighted by molar-refractivity contribution is 5.79. The van der Waals surface area contributed by atoms with Gasteiger partial charge in [-0.05, 0) is 12.8 Å². The highest BCUT2D eigenvalue weighted by Gasteiger charge is 2.17. The lowest BCUT2D eigenvalue weighted by Crippen LogP contribution is -2.15. The smallest absolute Gasteiger partial charge is 0.310 e. The molecule has 0 aromatic heterocycles. The predicted octanol–water partition coefficient (Wildman–Crippen LogP) is 5.03. The zero-order valence-electron chi connectivity index (χ0n) is 13.9. The third-order valence-electron chi connectivity index (χ3n) is 3.80. The van der Waals surface area contributed by atoms with Crippen LogP contribution >= 0.6 is 0 Å². The van der Waals surface area contributed by atoms with Crippen LogP contribution in [-0.2, 0) is 9.59 Å². The van der Waals surface area contributed by atoms with Crippen molar-refractivity contribution in [2.45, 2.75) is 84.0 Å². The second-order valence-corrected chi connectivity index (χ2v) is 5.94. The molecule has 0 heterocycles. The van der Waals surface area contributed by atoms with Crippen molar-refractivity contribution in [3.8, 4) is 0 Å². The zero-order chi connectivity index (χ0) is 16.6. The number of hydrogen-bond donors (Lipinski definition) is 2. The molecule has 0 aliphatic rings. The van der Waals surface area contributed by atoms with Gasteiger partial charge in [0.1, 0.15) is 0 Å². The summed E-state index contributed by atoms with van der Waals surface area (Å²) >= 11 is 0. The molecule has 0 fully saturated rings. The van der Waals surface area contributed by atoms with Crippen LogP contribution in [0.3, 0.4) is 0 Å². The Hall–Kier alpha value is -1.32. The fourth-order valence-electron chi connectivity index (χ4n) is 2.44. The number of hydrogen-bond acceptors (Lipinski definition) is 2. The van der Waals surface area contributed by atoms with Crippen molar-refractivity contribution in [1.82, 2.24) is 0 Å². The number of carboxylic acid groups (broad SMARTS) is 2. The van der Waals surface area contributed by atoms with Gasteiger partial charge in [-0.2, -0.15) is 0 Å². The lowest BCUT2D eigenvalue weighted by molar-refractivity contribution is -0.146. The SMILES string of the molecule is CCCCCCCCCCCCC=CC(CC(=O)O)C(=O)O. The molecule has 0 saturated heterocycles. The van der Waals surface area contributed by atoms with E-state index in [1.165, 1.54) is 57.4 Å². The van der Waals surface area contributed by atoms with Gasteiger partial charge in [-0.3, -0.25) is 9.59 Å². The fourth-order valence-corrected chi connectivity index (χ4v) is 2.44. The third kappa shape index (κ3) is 13.7. The molecular weight excluding hydrogens is 280 g/mol. The molecule has 1 atom stereocenters. The van der Waals surface area contributed by atoms with E-state index in [1.54, 1.807) is 0 Å². The van der Waals surface area contributed by atoms with Gasteiger partial charge in [-0.15, -0.1) is 0 Å². The Morgan fingerprint density at radius 3 is 1.82 bits per heavy atom. The first-order chi connectivity index (χ1) is 10.6. The summed E-state index contributed by atoms with van der Waals surface area (Å²) in [6.45, 7) is 2.23. The summed E-state index contributed by atoms with van der Waals surface area (Å²) in [6, 6.07) is 0. The van der Waals surface area contributed by atoms with Crippen molar-refractivity contribution >= 4 is 11.9 Å². The molecule has 22 heavy (non-hydrogen) atoms. The molecule has 0 amide bonds. The van der Waals surface area contributed by atoms with Gasteiger partial charge >= 0.3 is 11.9 Å². The maximum Gasteiger partial charge on any atom is 0.310 e. The lowest BCUT2D eigenvalue weighted by Gasteiger charge is -2.03. The number of aliphatic carboxylic acids is 2. The zero-order valence-corrected chi connectivity index (χ0v) is 13.9. The van der Waals surface area contributed by atoms with Gasteiger partial charge in [-0.25, -0.2) is 0 Å². The number of unbranched alkanes of at least 4 members (excludes halogenated alkanes) is 10. The van der Waals surface area contributed by atoms with Gasteiger partial charge in [0.15, 0.2) is 0 Å². The van der Waals surface area contributed by atoms with Crippen molar-refractivity contribution in [2.24, 2.45) is 5.92 Å². The Morgan fingerprint density at radius 2 is 1.36 bits per heavy atom. The van der Waals surface area contributed by atoms with E-state index in [1.807, 2.05) is 6.08 Å². The molecule has 0 rings (SSSR count). The minimum Gasteiger partial charge on any atom is -0.481 e. The minimum atomic E-state index is -1.07. The van der Waals surface area contributed by atoms with Crippen LogP contribution in [0.25, 0.3) is 0 Å². The summed E-state index contributed by atoms with van der Waals surface area (Å²) in [4.78, 5) is 21.4. The van der Waals surface area contributed by atoms with Gasteiger partial charge in [0.25, 0.3) is 0 Å². The summed E-state index contributed by atoms with van der Waals surface area (Å²) in [5, 5.41) is 17.5. The standard InChI is InChI=1S/C18H32O4/c1-2-3-4-5-6-7-8-9-10-11-12-13-14-16(18(21)22)15-17(19)20/h13-14,16H,2-12,15H2,1H3,(H,19,20)(H,21,22). The Balaban J connectivity index is 3.49. The first kappa shape index (κ1) is 20.7. The van der Waals surface area contributed by atoms with Crippen LogP contribution in [0.5, 0.6) is 0 Å². The Bertz CT molecular complexity index is 323. The van der Waals surface area contributed by atoms with Gasteiger partial charge in [-0.1, -0.05) is 76.9 Å². The van der Waals surface area contributed by atoms with Crippen molar-refractivity contribution in [1.29, 1.82) is 0 Å². The minimum absolute atomic E-state index is 0.343. The predicted molar refractivity (Wildman–Crippen MR) is 89.0 cm³/mol. The summed E-state index contributed by atoms with van der Waals surface area (Å²) < 4.78 is 0. The maximum atomic E-state index is 10.9. The van der Waals surface area contributed by atoms with Crippen molar-refractivity contribution in [3.63, 3.8) is 0 Å². The van der Waals surface area contributed by atoms with Crippen LogP contribution in [0.1, 0.15) is 84.0 Å². The van der Waals surface area contributed by atoms with Crippen LogP contribution in [0.15, 0.2) is 12.2 Å². The van der Waals surface area contributed by atoms with Gasteiger partial charge in [0.2, 0.25) is 0 Å². The van der Waals surface area contributed by atoms with Gasteiger partial charge in [0.05, 0.1) is 12.3 Å². The first-order valence-electron chi connectivity index (χ1n) is 8.69. The highest BCUT2D eigenvalue weighted by Crippen LogP contribution is 2.12. The van der Waals surface area contributed by atoms with E-state index in [0.29, 0.717) is 0 Å². The molecule has 2 N–H and O–H groups in total. The summed E-state index contributed by atoms with van der Waals surface area (Å²) in [5.74, 6) is -3.04. The second-order valence-electron chi connectivity index (χ2n) is 5.94. The van der Waals surface area contributed by atoms with Crippen molar-refractivity contribution in [2.75, 3.05) is 0 Å². The van der Waals surface area contributed by atoms with Crippen molar-refractivity contribution < 1.29 is 19.8 Å². The molecule has 0 aliphatic carbocycles. The van der Waals surface area contributed by atoms with Crippen LogP contribution in [0.4, 0.5) is 0 Å². The Kier molecular flexibility index (Phi) is 13.7. The van der Waals surface area contributed by atoms with Gasteiger partial charge < -0.3 is 10.2 Å². The molecule has 0 aliphatic heterocycles. The molecule has 0 bridgehead atoms. The van der Waals surface area contributed by atoms with Crippen LogP contribution in [0.2, 0.25) is 0 Å². The highest BCUT2D eigenvalue weighted by atomic mass is 16.4. The molecule has 1 unspecified atom stereocenters. The molecule has 0 aromatic rings. The fraction of sp³-hybridized carbons (Fsp3) is 0.778. The third-order valence-corrected chi connectivity index (χ3v) is 3.80. The topological polar surface area (TPSA) is 74.6 Å². The molecule has 0 spiro atoms. The second kappa shape index (κ2) is 14.6. The van der Waals surface area contributed by atoms with Gasteiger partial charge in [0, 0.05) is 0 Å².